The van der Waals surface area contributed by atoms with Crippen molar-refractivity contribution in [3.05, 3.63) is 68.7 Å². The molecule has 160 valence electrons. The van der Waals surface area contributed by atoms with E-state index in [1.54, 1.807) is 36.4 Å². The van der Waals surface area contributed by atoms with Crippen molar-refractivity contribution in [2.45, 2.75) is 13.1 Å². The maximum Gasteiger partial charge on any atom is 0.185 e. The van der Waals surface area contributed by atoms with Crippen LogP contribution in [0.15, 0.2) is 36.4 Å². The lowest BCUT2D eigenvalue weighted by atomic mass is 10.00. The highest BCUT2D eigenvalue weighted by Gasteiger charge is 2.17. The molecule has 2 aromatic carbocycles. The predicted octanol–water partition coefficient (Wildman–Crippen LogP) is -4.11. The van der Waals surface area contributed by atoms with Crippen LogP contribution in [0, 0.1) is 0 Å². The van der Waals surface area contributed by atoms with Gasteiger partial charge in [0.15, 0.2) is 5.78 Å². The lowest BCUT2D eigenvalue weighted by molar-refractivity contribution is -0.873. The number of halogens is 4. The zero-order valence-electron chi connectivity index (χ0n) is 16.8. The zero-order valence-corrected chi connectivity index (χ0v) is 19.8. The standard InChI is InChI=1S/C21H24Cl2N2O2.2ClH/c1-24(2)12-15-10-14(11-16(21(15)27)13-25(3)4)20(26)9-8-17-18(22)6-5-7-19(17)23;;/h5-11,27H,12-13H2,1-4H3;2*1H/b9-8+;;. The van der Waals surface area contributed by atoms with E-state index in [1.807, 2.05) is 28.2 Å². The number of phenols is 1. The molecule has 0 aromatic heterocycles. The molecular weight excluding hydrogens is 454 g/mol. The summed E-state index contributed by atoms with van der Waals surface area (Å²) in [6.07, 6.45) is 3.10. The Morgan fingerprint density at radius 2 is 1.41 bits per heavy atom. The first-order valence-electron chi connectivity index (χ1n) is 8.78. The van der Waals surface area contributed by atoms with Gasteiger partial charge in [0.05, 0.1) is 28.2 Å². The Balaban J connectivity index is 0.00000392. The molecule has 0 amide bonds. The molecule has 29 heavy (non-hydrogen) atoms. The fraction of sp³-hybridized carbons (Fsp3) is 0.286. The van der Waals surface area contributed by atoms with Gasteiger partial charge in [0, 0.05) is 32.3 Å². The van der Waals surface area contributed by atoms with Crippen LogP contribution < -0.4 is 34.6 Å². The number of nitrogens with one attached hydrogen (secondary N) is 2. The Hall–Kier alpha value is -1.27. The van der Waals surface area contributed by atoms with Gasteiger partial charge in [-0.2, -0.15) is 0 Å². The van der Waals surface area contributed by atoms with Gasteiger partial charge in [-0.3, -0.25) is 4.79 Å². The normalized spacial score (nSPS) is 10.9. The van der Waals surface area contributed by atoms with Gasteiger partial charge in [0.2, 0.25) is 0 Å². The van der Waals surface area contributed by atoms with Crippen LogP contribution in [-0.2, 0) is 13.1 Å². The minimum atomic E-state index is -0.156. The number of ketones is 1. The highest BCUT2D eigenvalue weighted by molar-refractivity contribution is 6.37. The summed E-state index contributed by atoms with van der Waals surface area (Å²) in [6.45, 7) is 1.26. The Kier molecular flexibility index (Phi) is 11.9. The fourth-order valence-corrected chi connectivity index (χ4v) is 3.38. The maximum absolute atomic E-state index is 12.8. The van der Waals surface area contributed by atoms with E-state index >= 15 is 0 Å². The van der Waals surface area contributed by atoms with Gasteiger partial charge < -0.3 is 39.7 Å². The molecule has 8 heteroatoms. The summed E-state index contributed by atoms with van der Waals surface area (Å²) in [5.74, 6) is 0.114. The lowest BCUT2D eigenvalue weighted by Crippen LogP contribution is -3.04. The largest absolute Gasteiger partial charge is 1.00 e. The van der Waals surface area contributed by atoms with Crippen LogP contribution in [0.4, 0.5) is 0 Å². The van der Waals surface area contributed by atoms with Crippen LogP contribution in [0.5, 0.6) is 5.75 Å². The Morgan fingerprint density at radius 3 is 1.83 bits per heavy atom. The second kappa shape index (κ2) is 12.4. The third-order valence-corrected chi connectivity index (χ3v) is 4.70. The number of rotatable bonds is 7. The molecule has 0 aliphatic rings. The van der Waals surface area contributed by atoms with E-state index in [0.717, 1.165) is 20.9 Å². The average molecular weight is 480 g/mol. The van der Waals surface area contributed by atoms with Crippen molar-refractivity contribution >= 4 is 35.1 Å². The Bertz CT molecular complexity index is 816. The number of carbonyl (C=O) groups excluding carboxylic acids is 1. The molecule has 0 radical (unpaired) electrons. The molecule has 0 spiro atoms. The first-order valence-corrected chi connectivity index (χ1v) is 9.54. The summed E-state index contributed by atoms with van der Waals surface area (Å²) >= 11 is 12.3. The van der Waals surface area contributed by atoms with E-state index < -0.39 is 0 Å². The smallest absolute Gasteiger partial charge is 0.185 e. The molecule has 3 N–H and O–H groups in total. The first-order chi connectivity index (χ1) is 12.7. The maximum atomic E-state index is 12.8. The molecule has 0 saturated carbocycles. The highest BCUT2D eigenvalue weighted by atomic mass is 35.5. The van der Waals surface area contributed by atoms with Gasteiger partial charge in [0.25, 0.3) is 0 Å². The first kappa shape index (κ1) is 27.7. The van der Waals surface area contributed by atoms with E-state index in [0.29, 0.717) is 34.3 Å². The van der Waals surface area contributed by atoms with Gasteiger partial charge >= 0.3 is 0 Å². The SMILES string of the molecule is C[NH+](C)Cc1cc(C(=O)/C=C/c2c(Cl)cccc2Cl)cc(C[NH+](C)C)c1O.[Cl-].[Cl-]. The van der Waals surface area contributed by atoms with Crippen LogP contribution in [-0.4, -0.2) is 39.1 Å². The predicted molar refractivity (Wildman–Crippen MR) is 111 cm³/mol. The summed E-state index contributed by atoms with van der Waals surface area (Å²) in [7, 11) is 8.02. The number of hydrogen-bond donors (Lipinski definition) is 3. The molecule has 0 fully saturated rings. The average Bonchev–Trinajstić information content (AvgIpc) is 2.56. The number of aromatic hydroxyl groups is 1. The third kappa shape index (κ3) is 7.82. The summed E-state index contributed by atoms with van der Waals surface area (Å²) in [5, 5.41) is 11.6. The minimum Gasteiger partial charge on any atom is -1.00 e. The van der Waals surface area contributed by atoms with Crippen LogP contribution in [0.1, 0.15) is 27.0 Å². The van der Waals surface area contributed by atoms with Gasteiger partial charge in [0.1, 0.15) is 18.8 Å². The summed E-state index contributed by atoms with van der Waals surface area (Å²) in [5.41, 5.74) is 2.69. The van der Waals surface area contributed by atoms with Crippen molar-refractivity contribution in [1.82, 2.24) is 0 Å². The molecular formula is C21H26Cl4N2O2. The van der Waals surface area contributed by atoms with Gasteiger partial charge in [-0.25, -0.2) is 0 Å². The molecule has 0 saturated heterocycles. The van der Waals surface area contributed by atoms with Crippen LogP contribution in [0.25, 0.3) is 6.08 Å². The Morgan fingerprint density at radius 1 is 0.966 bits per heavy atom. The number of allylic oxidation sites excluding steroid dienone is 1. The second-order valence-corrected chi connectivity index (χ2v) is 8.06. The van der Waals surface area contributed by atoms with Crippen LogP contribution in [0.3, 0.4) is 0 Å². The van der Waals surface area contributed by atoms with Gasteiger partial charge in [-0.05, 0) is 36.4 Å². The number of benzene rings is 2. The molecule has 4 nitrogen and oxygen atoms in total. The quantitative estimate of drug-likeness (QED) is 0.279. The fourth-order valence-electron chi connectivity index (χ4n) is 2.86. The van der Waals surface area contributed by atoms with Crippen molar-refractivity contribution in [2.24, 2.45) is 0 Å². The number of hydrogen-bond acceptors (Lipinski definition) is 2. The molecule has 0 aliphatic heterocycles. The van der Waals surface area contributed by atoms with E-state index in [2.05, 4.69) is 0 Å². The topological polar surface area (TPSA) is 46.2 Å². The molecule has 0 unspecified atom stereocenters. The minimum absolute atomic E-state index is 0. The highest BCUT2D eigenvalue weighted by Crippen LogP contribution is 2.27. The monoisotopic (exact) mass is 478 g/mol. The van der Waals surface area contributed by atoms with E-state index in [4.69, 9.17) is 23.2 Å². The number of quaternary nitrogens is 2. The van der Waals surface area contributed by atoms with Crippen LogP contribution in [0.2, 0.25) is 10.0 Å². The van der Waals surface area contributed by atoms with E-state index in [-0.39, 0.29) is 36.3 Å². The van der Waals surface area contributed by atoms with Gasteiger partial charge in [-0.15, -0.1) is 0 Å². The van der Waals surface area contributed by atoms with E-state index in [1.165, 1.54) is 6.08 Å². The molecule has 2 rings (SSSR count). The second-order valence-electron chi connectivity index (χ2n) is 7.24. The summed E-state index contributed by atoms with van der Waals surface area (Å²) < 4.78 is 0. The molecule has 0 atom stereocenters. The molecule has 0 bridgehead atoms. The molecule has 0 aliphatic carbocycles. The zero-order chi connectivity index (χ0) is 20.1. The van der Waals surface area contributed by atoms with Crippen molar-refractivity contribution in [2.75, 3.05) is 28.2 Å². The lowest BCUT2D eigenvalue weighted by Gasteiger charge is -2.15. The van der Waals surface area contributed by atoms with Crippen molar-refractivity contribution in [3.8, 4) is 5.75 Å². The summed E-state index contributed by atoms with van der Waals surface area (Å²) in [6, 6.07) is 8.74. The van der Waals surface area contributed by atoms with E-state index in [9.17, 15) is 9.90 Å². The summed E-state index contributed by atoms with van der Waals surface area (Å²) in [4.78, 5) is 15.1. The van der Waals surface area contributed by atoms with Crippen molar-refractivity contribution < 1.29 is 44.5 Å². The molecule has 2 aromatic rings. The third-order valence-electron chi connectivity index (χ3n) is 4.04. The number of carbonyl (C=O) groups is 1. The Labute approximate surface area is 194 Å². The van der Waals surface area contributed by atoms with Crippen molar-refractivity contribution in [3.63, 3.8) is 0 Å². The molecule has 0 heterocycles. The number of phenolic OH excluding ortho intramolecular Hbond substituents is 1. The van der Waals surface area contributed by atoms with Gasteiger partial charge in [-0.1, -0.05) is 29.3 Å². The van der Waals surface area contributed by atoms with Crippen LogP contribution >= 0.6 is 23.2 Å². The van der Waals surface area contributed by atoms with Crippen molar-refractivity contribution in [1.29, 1.82) is 0 Å².